The van der Waals surface area contributed by atoms with Crippen LogP contribution < -0.4 is 4.74 Å². The maximum absolute atomic E-state index is 13.6. The van der Waals surface area contributed by atoms with Gasteiger partial charge in [-0.15, -0.1) is 0 Å². The van der Waals surface area contributed by atoms with Gasteiger partial charge in [-0.3, -0.25) is 4.98 Å². The number of benzene rings is 1. The van der Waals surface area contributed by atoms with E-state index >= 15 is 0 Å². The zero-order valence-corrected chi connectivity index (χ0v) is 9.77. The SMILES string of the molecule is COc1nccnc1C(O)c1ccc(F)c(F)c1F. The number of methoxy groups -OCH3 is 1. The molecule has 4 nitrogen and oxygen atoms in total. The molecule has 1 N–H and O–H groups in total. The minimum atomic E-state index is -1.65. The fraction of sp³-hybridized carbons (Fsp3) is 0.167. The van der Waals surface area contributed by atoms with Crippen molar-refractivity contribution in [2.45, 2.75) is 6.10 Å². The first-order valence-corrected chi connectivity index (χ1v) is 5.22. The van der Waals surface area contributed by atoms with Crippen LogP contribution in [0.5, 0.6) is 5.88 Å². The van der Waals surface area contributed by atoms with Crippen LogP contribution in [0.4, 0.5) is 13.2 Å². The highest BCUT2D eigenvalue weighted by atomic mass is 19.2. The van der Waals surface area contributed by atoms with Gasteiger partial charge in [0.05, 0.1) is 7.11 Å². The second-order valence-electron chi connectivity index (χ2n) is 3.62. The minimum absolute atomic E-state index is 0.0286. The number of aliphatic hydroxyl groups is 1. The van der Waals surface area contributed by atoms with Gasteiger partial charge >= 0.3 is 0 Å². The number of hydrogen-bond acceptors (Lipinski definition) is 4. The van der Waals surface area contributed by atoms with Crippen LogP contribution >= 0.6 is 0 Å². The molecule has 0 saturated heterocycles. The normalized spacial score (nSPS) is 12.3. The van der Waals surface area contributed by atoms with Gasteiger partial charge in [0, 0.05) is 18.0 Å². The molecule has 0 aliphatic carbocycles. The summed E-state index contributed by atoms with van der Waals surface area (Å²) < 4.78 is 44.4. The quantitative estimate of drug-likeness (QED) is 0.866. The lowest BCUT2D eigenvalue weighted by Crippen LogP contribution is -2.09. The molecule has 0 radical (unpaired) electrons. The van der Waals surface area contributed by atoms with Gasteiger partial charge in [0.15, 0.2) is 17.5 Å². The summed E-state index contributed by atoms with van der Waals surface area (Å²) in [5.41, 5.74) is -0.535. The van der Waals surface area contributed by atoms with E-state index in [0.29, 0.717) is 0 Å². The van der Waals surface area contributed by atoms with Gasteiger partial charge in [0.2, 0.25) is 5.88 Å². The van der Waals surface area contributed by atoms with E-state index in [9.17, 15) is 18.3 Å². The lowest BCUT2D eigenvalue weighted by Gasteiger charge is -2.13. The summed E-state index contributed by atoms with van der Waals surface area (Å²) in [7, 11) is 1.29. The van der Waals surface area contributed by atoms with E-state index < -0.39 is 29.1 Å². The van der Waals surface area contributed by atoms with Gasteiger partial charge in [-0.1, -0.05) is 0 Å². The van der Waals surface area contributed by atoms with Gasteiger partial charge in [-0.25, -0.2) is 18.2 Å². The van der Waals surface area contributed by atoms with E-state index in [4.69, 9.17) is 4.74 Å². The zero-order valence-electron chi connectivity index (χ0n) is 9.77. The number of ether oxygens (including phenoxy) is 1. The molecule has 0 bridgehead atoms. The van der Waals surface area contributed by atoms with E-state index in [1.807, 2.05) is 0 Å². The van der Waals surface area contributed by atoms with Crippen LogP contribution in [0.25, 0.3) is 0 Å². The van der Waals surface area contributed by atoms with Crippen LogP contribution in [0.2, 0.25) is 0 Å². The number of rotatable bonds is 3. The molecule has 1 atom stereocenters. The highest BCUT2D eigenvalue weighted by Gasteiger charge is 2.24. The van der Waals surface area contributed by atoms with Crippen molar-refractivity contribution in [1.29, 1.82) is 0 Å². The third kappa shape index (κ3) is 2.37. The first kappa shape index (κ1) is 13.3. The molecule has 0 saturated carbocycles. The molecule has 0 amide bonds. The molecule has 0 fully saturated rings. The number of aromatic nitrogens is 2. The molecule has 2 rings (SSSR count). The molecule has 1 heterocycles. The van der Waals surface area contributed by atoms with Crippen molar-refractivity contribution in [2.75, 3.05) is 7.11 Å². The first-order chi connectivity index (χ1) is 9.06. The van der Waals surface area contributed by atoms with Crippen LogP contribution in [-0.2, 0) is 0 Å². The van der Waals surface area contributed by atoms with Crippen molar-refractivity contribution < 1.29 is 23.0 Å². The fourth-order valence-electron chi connectivity index (χ4n) is 1.58. The Kier molecular flexibility index (Phi) is 3.66. The van der Waals surface area contributed by atoms with Crippen LogP contribution in [-0.4, -0.2) is 22.2 Å². The minimum Gasteiger partial charge on any atom is -0.480 e. The average molecular weight is 270 g/mol. The summed E-state index contributed by atoms with van der Waals surface area (Å²) in [6.45, 7) is 0. The van der Waals surface area contributed by atoms with Crippen LogP contribution in [0.15, 0.2) is 24.5 Å². The Morgan fingerprint density at radius 2 is 1.79 bits per heavy atom. The average Bonchev–Trinajstić information content (AvgIpc) is 2.44. The molecular weight excluding hydrogens is 261 g/mol. The second-order valence-corrected chi connectivity index (χ2v) is 3.62. The number of hydrogen-bond donors (Lipinski definition) is 1. The van der Waals surface area contributed by atoms with E-state index in [2.05, 4.69) is 9.97 Å². The molecule has 7 heteroatoms. The molecule has 0 aliphatic heterocycles. The summed E-state index contributed by atoms with van der Waals surface area (Å²) in [6, 6.07) is 1.66. The largest absolute Gasteiger partial charge is 0.480 e. The van der Waals surface area contributed by atoms with Crippen LogP contribution in [0.1, 0.15) is 17.4 Å². The topological polar surface area (TPSA) is 55.2 Å². The predicted molar refractivity (Wildman–Crippen MR) is 59.0 cm³/mol. The monoisotopic (exact) mass is 270 g/mol. The van der Waals surface area contributed by atoms with Crippen molar-refractivity contribution in [3.8, 4) is 5.88 Å². The number of aliphatic hydroxyl groups excluding tert-OH is 1. The van der Waals surface area contributed by atoms with Gasteiger partial charge in [0.1, 0.15) is 11.8 Å². The van der Waals surface area contributed by atoms with E-state index in [1.54, 1.807) is 0 Å². The van der Waals surface area contributed by atoms with Crippen LogP contribution in [0.3, 0.4) is 0 Å². The lowest BCUT2D eigenvalue weighted by molar-refractivity contribution is 0.200. The third-order valence-corrected chi connectivity index (χ3v) is 2.50. The molecule has 1 aromatic heterocycles. The fourth-order valence-corrected chi connectivity index (χ4v) is 1.58. The van der Waals surface area contributed by atoms with E-state index in [1.165, 1.54) is 19.5 Å². The Hall–Kier alpha value is -2.15. The maximum atomic E-state index is 13.6. The molecular formula is C12H9F3N2O2. The van der Waals surface area contributed by atoms with Crippen molar-refractivity contribution in [3.05, 3.63) is 53.2 Å². The Labute approximate surface area is 106 Å². The highest BCUT2D eigenvalue weighted by Crippen LogP contribution is 2.29. The second kappa shape index (κ2) is 5.23. The summed E-state index contributed by atoms with van der Waals surface area (Å²) in [6.07, 6.45) is 0.967. The lowest BCUT2D eigenvalue weighted by atomic mass is 10.1. The molecule has 2 aromatic rings. The van der Waals surface area contributed by atoms with Gasteiger partial charge < -0.3 is 9.84 Å². The molecule has 100 valence electrons. The highest BCUT2D eigenvalue weighted by molar-refractivity contribution is 5.32. The summed E-state index contributed by atoms with van der Waals surface area (Å²) >= 11 is 0. The third-order valence-electron chi connectivity index (χ3n) is 2.50. The van der Waals surface area contributed by atoms with Crippen LogP contribution in [0, 0.1) is 17.5 Å². The summed E-state index contributed by atoms with van der Waals surface area (Å²) in [5, 5.41) is 9.99. The maximum Gasteiger partial charge on any atom is 0.238 e. The smallest absolute Gasteiger partial charge is 0.238 e. The van der Waals surface area contributed by atoms with Gasteiger partial charge in [-0.2, -0.15) is 0 Å². The van der Waals surface area contributed by atoms with Crippen molar-refractivity contribution >= 4 is 0 Å². The number of nitrogens with zero attached hydrogens (tertiary/aromatic N) is 2. The van der Waals surface area contributed by atoms with E-state index in [0.717, 1.165) is 12.1 Å². The summed E-state index contributed by atoms with van der Waals surface area (Å²) in [5.74, 6) is -4.49. The molecule has 1 unspecified atom stereocenters. The first-order valence-electron chi connectivity index (χ1n) is 5.22. The molecule has 0 spiro atoms. The zero-order chi connectivity index (χ0) is 14.0. The Balaban J connectivity index is 2.50. The van der Waals surface area contributed by atoms with Gasteiger partial charge in [0.25, 0.3) is 0 Å². The van der Waals surface area contributed by atoms with Crippen molar-refractivity contribution in [1.82, 2.24) is 9.97 Å². The summed E-state index contributed by atoms with van der Waals surface area (Å²) in [4.78, 5) is 7.58. The Morgan fingerprint density at radius 1 is 1.11 bits per heavy atom. The van der Waals surface area contributed by atoms with Crippen molar-refractivity contribution in [2.24, 2.45) is 0 Å². The van der Waals surface area contributed by atoms with Crippen molar-refractivity contribution in [3.63, 3.8) is 0 Å². The molecule has 19 heavy (non-hydrogen) atoms. The Morgan fingerprint density at radius 3 is 2.47 bits per heavy atom. The van der Waals surface area contributed by atoms with E-state index in [-0.39, 0.29) is 11.6 Å². The number of halogens is 3. The molecule has 1 aromatic carbocycles. The molecule has 0 aliphatic rings. The predicted octanol–water partition coefficient (Wildman–Crippen LogP) is 1.98. The standard InChI is InChI=1S/C12H9F3N2O2/c1-19-12-10(16-4-5-17-12)11(18)6-2-3-7(13)9(15)8(6)14/h2-5,11,18H,1H3. The van der Waals surface area contributed by atoms with Gasteiger partial charge in [-0.05, 0) is 12.1 Å². The Bertz CT molecular complexity index is 608.